The molecule has 0 aliphatic heterocycles. The van der Waals surface area contributed by atoms with Crippen LogP contribution >= 0.6 is 0 Å². The summed E-state index contributed by atoms with van der Waals surface area (Å²) in [6.07, 6.45) is 5.29. The first kappa shape index (κ1) is 20.8. The zero-order chi connectivity index (χ0) is 19.5. The van der Waals surface area contributed by atoms with E-state index in [4.69, 9.17) is 9.47 Å². The number of rotatable bonds is 14. The highest BCUT2D eigenvalue weighted by atomic mass is 16.5. The molecule has 0 aliphatic carbocycles. The zero-order valence-corrected chi connectivity index (χ0v) is 15.8. The van der Waals surface area contributed by atoms with Crippen molar-refractivity contribution in [3.63, 3.8) is 0 Å². The Labute approximate surface area is 157 Å². The van der Waals surface area contributed by atoms with Crippen LogP contribution in [0.1, 0.15) is 31.2 Å². The first-order chi connectivity index (χ1) is 13.0. The van der Waals surface area contributed by atoms with Crippen LogP contribution in [-0.2, 0) is 38.6 Å². The van der Waals surface area contributed by atoms with E-state index < -0.39 is 0 Å². The van der Waals surface area contributed by atoms with E-state index in [9.17, 15) is 9.59 Å². The van der Waals surface area contributed by atoms with Gasteiger partial charge in [0.15, 0.2) is 11.6 Å². The summed E-state index contributed by atoms with van der Waals surface area (Å²) in [5.41, 5.74) is 1.62. The van der Waals surface area contributed by atoms with Crippen LogP contribution in [0.25, 0.3) is 0 Å². The van der Waals surface area contributed by atoms with Gasteiger partial charge in [0.05, 0.1) is 24.5 Å². The second-order valence-electron chi connectivity index (χ2n) is 6.30. The van der Waals surface area contributed by atoms with E-state index in [1.165, 1.54) is 6.92 Å². The molecule has 2 heterocycles. The normalized spacial score (nSPS) is 11.0. The fourth-order valence-corrected chi connectivity index (χ4v) is 2.30. The Morgan fingerprint density at radius 2 is 1.74 bits per heavy atom. The molecule has 0 saturated heterocycles. The molecule has 0 atom stereocenters. The van der Waals surface area contributed by atoms with Crippen molar-refractivity contribution in [3.8, 4) is 0 Å². The van der Waals surface area contributed by atoms with Gasteiger partial charge in [-0.1, -0.05) is 10.4 Å². The Bertz CT molecular complexity index is 727. The summed E-state index contributed by atoms with van der Waals surface area (Å²) in [6.45, 7) is 5.72. The van der Waals surface area contributed by atoms with Gasteiger partial charge in [0.2, 0.25) is 0 Å². The number of hydrogen-bond acceptors (Lipinski definition) is 8. The summed E-state index contributed by atoms with van der Waals surface area (Å²) in [5, 5.41) is 15.9. The molecule has 2 rings (SSSR count). The molecule has 2 aromatic heterocycles. The average molecular weight is 378 g/mol. The highest BCUT2D eigenvalue weighted by Gasteiger charge is 2.07. The van der Waals surface area contributed by atoms with E-state index in [1.54, 1.807) is 9.36 Å². The van der Waals surface area contributed by atoms with Crippen LogP contribution in [0.3, 0.4) is 0 Å². The van der Waals surface area contributed by atoms with Crippen molar-refractivity contribution < 1.29 is 19.1 Å². The summed E-state index contributed by atoms with van der Waals surface area (Å²) >= 11 is 0. The third-order valence-electron chi connectivity index (χ3n) is 3.61. The Morgan fingerprint density at radius 3 is 2.48 bits per heavy atom. The fraction of sp³-hybridized carbons (Fsp3) is 0.647. The van der Waals surface area contributed by atoms with Crippen LogP contribution in [0.15, 0.2) is 12.4 Å². The van der Waals surface area contributed by atoms with Crippen molar-refractivity contribution in [2.75, 3.05) is 26.4 Å². The predicted molar refractivity (Wildman–Crippen MR) is 95.0 cm³/mol. The van der Waals surface area contributed by atoms with Crippen molar-refractivity contribution in [2.24, 2.45) is 0 Å². The maximum Gasteiger partial charge on any atom is 0.158 e. The minimum atomic E-state index is 0.0141. The van der Waals surface area contributed by atoms with Crippen molar-refractivity contribution >= 4 is 11.6 Å². The first-order valence-electron chi connectivity index (χ1n) is 8.95. The van der Waals surface area contributed by atoms with E-state index in [1.807, 2.05) is 19.3 Å². The topological polar surface area (TPSA) is 114 Å². The molecule has 10 nitrogen and oxygen atoms in total. The molecule has 0 saturated carbocycles. The Hall–Kier alpha value is -2.46. The molecule has 0 aliphatic rings. The van der Waals surface area contributed by atoms with Crippen molar-refractivity contribution in [1.29, 1.82) is 0 Å². The highest BCUT2D eigenvalue weighted by Crippen LogP contribution is 2.01. The largest absolute Gasteiger partial charge is 0.374 e. The van der Waals surface area contributed by atoms with E-state index >= 15 is 0 Å². The molecule has 0 radical (unpaired) electrons. The molecule has 0 N–H and O–H groups in total. The summed E-state index contributed by atoms with van der Waals surface area (Å²) in [5.74, 6) is 0.0390. The first-order valence-corrected chi connectivity index (χ1v) is 8.95. The Balaban J connectivity index is 1.54. The summed E-state index contributed by atoms with van der Waals surface area (Å²) in [4.78, 5) is 22.6. The van der Waals surface area contributed by atoms with E-state index in [2.05, 4.69) is 20.6 Å². The fourth-order valence-electron chi connectivity index (χ4n) is 2.30. The van der Waals surface area contributed by atoms with E-state index in [0.29, 0.717) is 39.1 Å². The van der Waals surface area contributed by atoms with Crippen molar-refractivity contribution in [1.82, 2.24) is 30.0 Å². The molecule has 0 aromatic carbocycles. The second-order valence-corrected chi connectivity index (χ2v) is 6.30. The number of ketones is 2. The van der Waals surface area contributed by atoms with Gasteiger partial charge >= 0.3 is 0 Å². The third kappa shape index (κ3) is 8.65. The quantitative estimate of drug-likeness (QED) is 0.434. The number of hydrogen-bond donors (Lipinski definition) is 0. The smallest absolute Gasteiger partial charge is 0.158 e. The van der Waals surface area contributed by atoms with E-state index in [0.717, 1.165) is 17.8 Å². The number of ether oxygens (including phenoxy) is 2. The van der Waals surface area contributed by atoms with Crippen LogP contribution in [0.5, 0.6) is 0 Å². The van der Waals surface area contributed by atoms with Crippen LogP contribution < -0.4 is 0 Å². The molecule has 0 spiro atoms. The molecule has 0 unspecified atom stereocenters. The standard InChI is InChI=1S/C17H26N6O4/c1-14-10-23(20-18-14)7-9-27-13-17(25)5-4-16-11-22(21-19-16)6-3-8-26-12-15(2)24/h10-11H,3-9,12-13H2,1-2H3. The molecular formula is C17H26N6O4. The van der Waals surface area contributed by atoms with Gasteiger partial charge in [-0.05, 0) is 20.3 Å². The minimum absolute atomic E-state index is 0.0141. The van der Waals surface area contributed by atoms with Crippen LogP contribution in [0, 0.1) is 6.92 Å². The van der Waals surface area contributed by atoms with Crippen LogP contribution in [0.4, 0.5) is 0 Å². The number of aromatic nitrogens is 6. The third-order valence-corrected chi connectivity index (χ3v) is 3.61. The Kier molecular flexibility index (Phi) is 8.72. The highest BCUT2D eigenvalue weighted by molar-refractivity contribution is 5.79. The number of nitrogens with zero attached hydrogens (tertiary/aromatic N) is 6. The van der Waals surface area contributed by atoms with Gasteiger partial charge < -0.3 is 9.47 Å². The number of aryl methyl sites for hydroxylation is 3. The zero-order valence-electron chi connectivity index (χ0n) is 15.8. The maximum atomic E-state index is 11.9. The lowest BCUT2D eigenvalue weighted by atomic mass is 10.2. The Morgan fingerprint density at radius 1 is 1.00 bits per heavy atom. The van der Waals surface area contributed by atoms with Gasteiger partial charge in [-0.2, -0.15) is 0 Å². The number of carbonyl (C=O) groups is 2. The van der Waals surface area contributed by atoms with E-state index in [-0.39, 0.29) is 24.8 Å². The minimum Gasteiger partial charge on any atom is -0.374 e. The maximum absolute atomic E-state index is 11.9. The SMILES string of the molecule is CC(=O)COCCCn1cc(CCC(=O)COCCn2cc(C)nn2)nn1. The lowest BCUT2D eigenvalue weighted by molar-refractivity contribution is -0.123. The van der Waals surface area contributed by atoms with Crippen molar-refractivity contribution in [3.05, 3.63) is 23.8 Å². The summed E-state index contributed by atoms with van der Waals surface area (Å²) < 4.78 is 14.0. The van der Waals surface area contributed by atoms with Gasteiger partial charge in [0, 0.05) is 38.4 Å². The van der Waals surface area contributed by atoms with Gasteiger partial charge in [0.1, 0.15) is 13.2 Å². The summed E-state index contributed by atoms with van der Waals surface area (Å²) in [7, 11) is 0. The van der Waals surface area contributed by atoms with Gasteiger partial charge in [-0.25, -0.2) is 4.68 Å². The summed E-state index contributed by atoms with van der Waals surface area (Å²) in [6, 6.07) is 0. The van der Waals surface area contributed by atoms with Gasteiger partial charge in [-0.3, -0.25) is 14.3 Å². The second kappa shape index (κ2) is 11.3. The monoisotopic (exact) mass is 378 g/mol. The van der Waals surface area contributed by atoms with Gasteiger partial charge in [0.25, 0.3) is 0 Å². The molecule has 10 heteroatoms. The van der Waals surface area contributed by atoms with Crippen LogP contribution in [0.2, 0.25) is 0 Å². The number of Topliss-reactive ketones (excluding diaryl/α,β-unsaturated/α-hetero) is 2. The molecule has 0 amide bonds. The molecule has 2 aromatic rings. The van der Waals surface area contributed by atoms with Crippen LogP contribution in [-0.4, -0.2) is 68.0 Å². The van der Waals surface area contributed by atoms with Crippen molar-refractivity contribution in [2.45, 2.75) is 46.2 Å². The molecular weight excluding hydrogens is 352 g/mol. The molecule has 27 heavy (non-hydrogen) atoms. The average Bonchev–Trinajstić information content (AvgIpc) is 3.25. The molecule has 0 fully saturated rings. The number of carbonyl (C=O) groups excluding carboxylic acids is 2. The lowest BCUT2D eigenvalue weighted by Gasteiger charge is -2.03. The lowest BCUT2D eigenvalue weighted by Crippen LogP contribution is -2.13. The van der Waals surface area contributed by atoms with Gasteiger partial charge in [-0.15, -0.1) is 10.2 Å². The predicted octanol–water partition coefficient (Wildman–Crippen LogP) is 0.392. The molecule has 0 bridgehead atoms. The molecule has 148 valence electrons.